The first kappa shape index (κ1) is 17.8. The van der Waals surface area contributed by atoms with Crippen molar-refractivity contribution in [3.63, 3.8) is 0 Å². The maximum atomic E-state index is 12.3. The third kappa shape index (κ3) is 3.96. The van der Waals surface area contributed by atoms with Crippen LogP contribution in [0, 0.1) is 0 Å². The zero-order chi connectivity index (χ0) is 18.5. The van der Waals surface area contributed by atoms with Crippen LogP contribution in [0.4, 0.5) is 5.69 Å². The summed E-state index contributed by atoms with van der Waals surface area (Å²) >= 11 is 0. The molecule has 0 unspecified atom stereocenters. The van der Waals surface area contributed by atoms with Gasteiger partial charge < -0.3 is 19.7 Å². The molecule has 0 saturated carbocycles. The van der Waals surface area contributed by atoms with Gasteiger partial charge in [-0.2, -0.15) is 0 Å². The van der Waals surface area contributed by atoms with Crippen LogP contribution in [-0.2, 0) is 11.2 Å². The minimum atomic E-state index is -0.148. The molecule has 0 fully saturated rings. The Morgan fingerprint density at radius 1 is 1.12 bits per heavy atom. The van der Waals surface area contributed by atoms with Crippen molar-refractivity contribution in [3.05, 3.63) is 53.6 Å². The van der Waals surface area contributed by atoms with Crippen molar-refractivity contribution in [2.24, 2.45) is 0 Å². The lowest BCUT2D eigenvalue weighted by molar-refractivity contribution is -0.118. The van der Waals surface area contributed by atoms with Gasteiger partial charge in [0, 0.05) is 24.7 Å². The number of benzene rings is 2. The molecule has 0 radical (unpaired) electrons. The Morgan fingerprint density at radius 3 is 2.58 bits per heavy atom. The molecule has 2 aromatic rings. The molecule has 0 aromatic heterocycles. The van der Waals surface area contributed by atoms with Gasteiger partial charge in [0.05, 0.1) is 13.7 Å². The zero-order valence-corrected chi connectivity index (χ0v) is 15.0. The molecule has 0 spiro atoms. The van der Waals surface area contributed by atoms with Crippen LogP contribution in [0.3, 0.4) is 0 Å². The van der Waals surface area contributed by atoms with Crippen LogP contribution >= 0.6 is 0 Å². The van der Waals surface area contributed by atoms with Crippen molar-refractivity contribution in [2.75, 3.05) is 32.2 Å². The lowest BCUT2D eigenvalue weighted by Gasteiger charge is -2.26. The first-order valence-electron chi connectivity index (χ1n) is 8.53. The molecule has 26 heavy (non-hydrogen) atoms. The number of methoxy groups -OCH3 is 1. The smallest absolute Gasteiger partial charge is 0.251 e. The minimum absolute atomic E-state index is 0.102. The summed E-state index contributed by atoms with van der Waals surface area (Å²) in [4.78, 5) is 25.7. The first-order valence-corrected chi connectivity index (χ1v) is 8.53. The van der Waals surface area contributed by atoms with Crippen LogP contribution in [-0.4, -0.2) is 39.1 Å². The molecule has 0 atom stereocenters. The lowest BCUT2D eigenvalue weighted by atomic mass is 9.99. The van der Waals surface area contributed by atoms with Gasteiger partial charge in [-0.3, -0.25) is 9.59 Å². The number of hydrogen-bond acceptors (Lipinski definition) is 4. The highest BCUT2D eigenvalue weighted by Gasteiger charge is 2.21. The van der Waals surface area contributed by atoms with Gasteiger partial charge in [0.15, 0.2) is 0 Å². The Morgan fingerprint density at radius 2 is 1.85 bits per heavy atom. The molecule has 6 heteroatoms. The van der Waals surface area contributed by atoms with Crippen molar-refractivity contribution >= 4 is 17.5 Å². The summed E-state index contributed by atoms with van der Waals surface area (Å²) < 4.78 is 10.7. The zero-order valence-electron chi connectivity index (χ0n) is 15.0. The van der Waals surface area contributed by atoms with Gasteiger partial charge in [-0.15, -0.1) is 0 Å². The fourth-order valence-electron chi connectivity index (χ4n) is 2.91. The molecule has 1 aliphatic rings. The summed E-state index contributed by atoms with van der Waals surface area (Å²) in [7, 11) is 3.37. The quantitative estimate of drug-likeness (QED) is 0.809. The first-order chi connectivity index (χ1) is 12.6. The van der Waals surface area contributed by atoms with E-state index in [4.69, 9.17) is 9.47 Å². The van der Waals surface area contributed by atoms with Crippen LogP contribution in [0.15, 0.2) is 42.5 Å². The van der Waals surface area contributed by atoms with E-state index in [0.717, 1.165) is 22.7 Å². The van der Waals surface area contributed by atoms with Crippen molar-refractivity contribution in [3.8, 4) is 11.5 Å². The molecule has 1 N–H and O–H groups in total. The van der Waals surface area contributed by atoms with Gasteiger partial charge in [0.1, 0.15) is 18.1 Å². The van der Waals surface area contributed by atoms with Gasteiger partial charge >= 0.3 is 0 Å². The lowest BCUT2D eigenvalue weighted by Crippen LogP contribution is -2.32. The van der Waals surface area contributed by atoms with E-state index in [0.29, 0.717) is 31.6 Å². The summed E-state index contributed by atoms with van der Waals surface area (Å²) in [6.45, 7) is 0.778. The molecule has 6 nitrogen and oxygen atoms in total. The predicted molar refractivity (Wildman–Crippen MR) is 99.0 cm³/mol. The maximum Gasteiger partial charge on any atom is 0.251 e. The summed E-state index contributed by atoms with van der Waals surface area (Å²) in [5.74, 6) is 1.45. The number of ether oxygens (including phenoxy) is 2. The fraction of sp³-hybridized carbons (Fsp3) is 0.300. The van der Waals surface area contributed by atoms with Crippen LogP contribution in [0.5, 0.6) is 11.5 Å². The van der Waals surface area contributed by atoms with Crippen LogP contribution in [0.1, 0.15) is 22.3 Å². The second-order valence-electron chi connectivity index (χ2n) is 6.08. The standard InChI is InChI=1S/C20H22N2O4/c1-22-18-9-3-15(13-14(18)4-10-19(22)23)20(24)21-11-12-26-17-7-5-16(25-2)6-8-17/h3,5-9,13H,4,10-12H2,1-2H3,(H,21,24). The van der Waals surface area contributed by atoms with E-state index >= 15 is 0 Å². The number of carbonyl (C=O) groups is 2. The molecule has 0 bridgehead atoms. The molecule has 2 aromatic carbocycles. The molecule has 0 saturated heterocycles. The van der Waals surface area contributed by atoms with E-state index in [9.17, 15) is 9.59 Å². The van der Waals surface area contributed by atoms with Gasteiger partial charge in [-0.05, 0) is 54.4 Å². The van der Waals surface area contributed by atoms with E-state index in [2.05, 4.69) is 5.32 Å². The van der Waals surface area contributed by atoms with Crippen molar-refractivity contribution in [1.29, 1.82) is 0 Å². The van der Waals surface area contributed by atoms with Crippen molar-refractivity contribution < 1.29 is 19.1 Å². The van der Waals surface area contributed by atoms with Gasteiger partial charge in [-0.25, -0.2) is 0 Å². The highest BCUT2D eigenvalue weighted by molar-refractivity contribution is 5.98. The Balaban J connectivity index is 1.51. The molecule has 3 rings (SSSR count). The fourth-order valence-corrected chi connectivity index (χ4v) is 2.91. The second-order valence-corrected chi connectivity index (χ2v) is 6.08. The molecular formula is C20H22N2O4. The molecule has 136 valence electrons. The summed E-state index contributed by atoms with van der Waals surface area (Å²) in [5, 5.41) is 2.85. The Hall–Kier alpha value is -3.02. The molecule has 2 amide bonds. The normalized spacial score (nSPS) is 13.2. The highest BCUT2D eigenvalue weighted by atomic mass is 16.5. The van der Waals surface area contributed by atoms with Crippen LogP contribution in [0.2, 0.25) is 0 Å². The van der Waals surface area contributed by atoms with Crippen molar-refractivity contribution in [1.82, 2.24) is 5.32 Å². The molecule has 0 aliphatic carbocycles. The molecule has 1 heterocycles. The van der Waals surface area contributed by atoms with Crippen molar-refractivity contribution in [2.45, 2.75) is 12.8 Å². The van der Waals surface area contributed by atoms with Gasteiger partial charge in [0.2, 0.25) is 5.91 Å². The third-order valence-corrected chi connectivity index (χ3v) is 4.40. The third-order valence-electron chi connectivity index (χ3n) is 4.40. The predicted octanol–water partition coefficient (Wildman–Crippen LogP) is 2.41. The summed E-state index contributed by atoms with van der Waals surface area (Å²) in [5.41, 5.74) is 2.49. The maximum absolute atomic E-state index is 12.3. The minimum Gasteiger partial charge on any atom is -0.497 e. The van der Waals surface area contributed by atoms with Crippen LogP contribution in [0.25, 0.3) is 0 Å². The number of amides is 2. The summed E-state index contributed by atoms with van der Waals surface area (Å²) in [6, 6.07) is 12.7. The topological polar surface area (TPSA) is 67.9 Å². The second kappa shape index (κ2) is 7.91. The average Bonchev–Trinajstić information content (AvgIpc) is 2.68. The number of anilines is 1. The number of fused-ring (bicyclic) bond motifs is 1. The Labute approximate surface area is 152 Å². The Kier molecular flexibility index (Phi) is 5.41. The molecular weight excluding hydrogens is 332 g/mol. The number of hydrogen-bond donors (Lipinski definition) is 1. The van der Waals surface area contributed by atoms with Gasteiger partial charge in [0.25, 0.3) is 5.91 Å². The summed E-state index contributed by atoms with van der Waals surface area (Å²) in [6.07, 6.45) is 1.14. The van der Waals surface area contributed by atoms with Crippen LogP contribution < -0.4 is 19.7 Å². The SMILES string of the molecule is COc1ccc(OCCNC(=O)c2ccc3c(c2)CCC(=O)N3C)cc1. The van der Waals surface area contributed by atoms with Gasteiger partial charge in [-0.1, -0.05) is 0 Å². The number of aryl methyl sites for hydroxylation is 1. The number of carbonyl (C=O) groups excluding carboxylic acids is 2. The van der Waals surface area contributed by atoms with E-state index in [1.165, 1.54) is 0 Å². The van der Waals surface area contributed by atoms with E-state index in [1.807, 2.05) is 36.4 Å². The molecule has 1 aliphatic heterocycles. The Bertz CT molecular complexity index is 802. The van der Waals surface area contributed by atoms with E-state index in [1.54, 1.807) is 25.1 Å². The van der Waals surface area contributed by atoms with E-state index in [-0.39, 0.29) is 11.8 Å². The monoisotopic (exact) mass is 354 g/mol. The van der Waals surface area contributed by atoms with E-state index < -0.39 is 0 Å². The number of rotatable bonds is 6. The number of nitrogens with zero attached hydrogens (tertiary/aromatic N) is 1. The highest BCUT2D eigenvalue weighted by Crippen LogP contribution is 2.27. The largest absolute Gasteiger partial charge is 0.497 e. The number of nitrogens with one attached hydrogen (secondary N) is 1. The average molecular weight is 354 g/mol.